The molecule has 0 spiro atoms. The highest BCUT2D eigenvalue weighted by Crippen LogP contribution is 2.16. The SMILES string of the molecule is c1ccc(COc2ccc(CNc3nncs3)cc2)cc1. The first-order valence-electron chi connectivity index (χ1n) is 6.66. The molecule has 0 aliphatic carbocycles. The summed E-state index contributed by atoms with van der Waals surface area (Å²) >= 11 is 1.49. The fraction of sp³-hybridized carbons (Fsp3) is 0.125. The van der Waals surface area contributed by atoms with Gasteiger partial charge in [0.2, 0.25) is 5.13 Å². The average molecular weight is 297 g/mol. The Hall–Kier alpha value is -2.40. The van der Waals surface area contributed by atoms with Crippen molar-refractivity contribution in [2.45, 2.75) is 13.2 Å². The van der Waals surface area contributed by atoms with Gasteiger partial charge >= 0.3 is 0 Å². The maximum absolute atomic E-state index is 5.76. The van der Waals surface area contributed by atoms with Crippen LogP contribution in [0.4, 0.5) is 5.13 Å². The lowest BCUT2D eigenvalue weighted by Gasteiger charge is -2.07. The van der Waals surface area contributed by atoms with Gasteiger partial charge in [-0.1, -0.05) is 53.8 Å². The molecule has 0 saturated heterocycles. The highest BCUT2D eigenvalue weighted by atomic mass is 32.1. The Morgan fingerprint density at radius 3 is 2.48 bits per heavy atom. The van der Waals surface area contributed by atoms with Crippen molar-refractivity contribution in [3.8, 4) is 5.75 Å². The molecule has 0 aliphatic heterocycles. The fourth-order valence-corrected chi connectivity index (χ4v) is 2.32. The second kappa shape index (κ2) is 6.85. The van der Waals surface area contributed by atoms with Gasteiger partial charge in [0.05, 0.1) is 0 Å². The van der Waals surface area contributed by atoms with Crippen LogP contribution >= 0.6 is 11.3 Å². The lowest BCUT2D eigenvalue weighted by Crippen LogP contribution is -1.99. The molecule has 5 heteroatoms. The second-order valence-corrected chi connectivity index (χ2v) is 5.35. The summed E-state index contributed by atoms with van der Waals surface area (Å²) in [6.45, 7) is 1.32. The maximum atomic E-state index is 5.76. The number of benzene rings is 2. The van der Waals surface area contributed by atoms with E-state index >= 15 is 0 Å². The Bertz CT molecular complexity index is 654. The second-order valence-electron chi connectivity index (χ2n) is 4.52. The van der Waals surface area contributed by atoms with E-state index < -0.39 is 0 Å². The molecule has 0 aliphatic rings. The van der Waals surface area contributed by atoms with E-state index in [1.807, 2.05) is 42.5 Å². The summed E-state index contributed by atoms with van der Waals surface area (Å²) in [5, 5.41) is 11.8. The number of rotatable bonds is 6. The minimum atomic E-state index is 0.587. The van der Waals surface area contributed by atoms with E-state index in [1.54, 1.807) is 5.51 Å². The average Bonchev–Trinajstić information content (AvgIpc) is 3.06. The van der Waals surface area contributed by atoms with Gasteiger partial charge in [0.15, 0.2) is 0 Å². The lowest BCUT2D eigenvalue weighted by atomic mass is 10.2. The topological polar surface area (TPSA) is 47.0 Å². The van der Waals surface area contributed by atoms with Crippen LogP contribution in [0.15, 0.2) is 60.1 Å². The maximum Gasteiger partial charge on any atom is 0.205 e. The summed E-state index contributed by atoms with van der Waals surface area (Å²) in [5.74, 6) is 0.874. The fourth-order valence-electron chi connectivity index (χ4n) is 1.87. The Balaban J connectivity index is 1.52. The zero-order valence-corrected chi connectivity index (χ0v) is 12.2. The quantitative estimate of drug-likeness (QED) is 0.753. The van der Waals surface area contributed by atoms with Gasteiger partial charge in [-0.2, -0.15) is 0 Å². The Morgan fingerprint density at radius 2 is 1.76 bits per heavy atom. The third kappa shape index (κ3) is 4.03. The molecule has 0 atom stereocenters. The smallest absolute Gasteiger partial charge is 0.205 e. The van der Waals surface area contributed by atoms with Gasteiger partial charge in [0.25, 0.3) is 0 Å². The van der Waals surface area contributed by atoms with Gasteiger partial charge in [0.1, 0.15) is 17.9 Å². The number of hydrogen-bond acceptors (Lipinski definition) is 5. The molecule has 3 aromatic rings. The third-order valence-corrected chi connectivity index (χ3v) is 3.62. The van der Waals surface area contributed by atoms with E-state index in [2.05, 4.69) is 27.6 Å². The Labute approximate surface area is 127 Å². The molecule has 0 saturated carbocycles. The Morgan fingerprint density at radius 1 is 0.952 bits per heavy atom. The van der Waals surface area contributed by atoms with Crippen molar-refractivity contribution >= 4 is 16.5 Å². The van der Waals surface area contributed by atoms with Gasteiger partial charge < -0.3 is 10.1 Å². The molecule has 1 heterocycles. The molecular weight excluding hydrogens is 282 g/mol. The molecule has 0 bridgehead atoms. The molecule has 2 aromatic carbocycles. The Kier molecular flexibility index (Phi) is 4.43. The molecule has 3 rings (SSSR count). The zero-order valence-electron chi connectivity index (χ0n) is 11.4. The highest BCUT2D eigenvalue weighted by Gasteiger charge is 1.99. The van der Waals surface area contributed by atoms with E-state index in [0.717, 1.165) is 17.4 Å². The summed E-state index contributed by atoms with van der Waals surface area (Å²) in [5.41, 5.74) is 4.06. The van der Waals surface area contributed by atoms with Crippen molar-refractivity contribution in [2.24, 2.45) is 0 Å². The summed E-state index contributed by atoms with van der Waals surface area (Å²) in [6, 6.07) is 18.2. The predicted octanol–water partition coefficient (Wildman–Crippen LogP) is 3.73. The van der Waals surface area contributed by atoms with E-state index in [9.17, 15) is 0 Å². The van der Waals surface area contributed by atoms with Crippen molar-refractivity contribution < 1.29 is 4.74 Å². The minimum absolute atomic E-state index is 0.587. The first kappa shape index (κ1) is 13.6. The standard InChI is InChI=1S/C16H15N3OS/c1-2-4-14(5-3-1)11-20-15-8-6-13(7-9-15)10-17-16-19-18-12-21-16/h1-9,12H,10-11H2,(H,17,19). The van der Waals surface area contributed by atoms with Gasteiger partial charge in [-0.15, -0.1) is 10.2 Å². The van der Waals surface area contributed by atoms with Crippen molar-refractivity contribution in [3.05, 3.63) is 71.2 Å². The normalized spacial score (nSPS) is 10.3. The monoisotopic (exact) mass is 297 g/mol. The first-order valence-corrected chi connectivity index (χ1v) is 7.54. The number of anilines is 1. The largest absolute Gasteiger partial charge is 0.489 e. The van der Waals surface area contributed by atoms with Crippen LogP contribution in [0.3, 0.4) is 0 Å². The van der Waals surface area contributed by atoms with Crippen molar-refractivity contribution in [1.29, 1.82) is 0 Å². The van der Waals surface area contributed by atoms with Gasteiger partial charge in [0, 0.05) is 6.54 Å². The van der Waals surface area contributed by atoms with Crippen molar-refractivity contribution in [1.82, 2.24) is 10.2 Å². The molecule has 4 nitrogen and oxygen atoms in total. The number of aromatic nitrogens is 2. The molecule has 0 fully saturated rings. The predicted molar refractivity (Wildman–Crippen MR) is 84.5 cm³/mol. The van der Waals surface area contributed by atoms with Crippen LogP contribution < -0.4 is 10.1 Å². The van der Waals surface area contributed by atoms with Gasteiger partial charge in [-0.25, -0.2) is 0 Å². The number of nitrogens with zero attached hydrogens (tertiary/aromatic N) is 2. The van der Waals surface area contributed by atoms with Crippen LogP contribution in [-0.4, -0.2) is 10.2 Å². The van der Waals surface area contributed by atoms with E-state index in [4.69, 9.17) is 4.74 Å². The van der Waals surface area contributed by atoms with Crippen LogP contribution in [0.2, 0.25) is 0 Å². The first-order chi connectivity index (χ1) is 10.4. The van der Waals surface area contributed by atoms with E-state index in [0.29, 0.717) is 6.61 Å². The lowest BCUT2D eigenvalue weighted by molar-refractivity contribution is 0.306. The summed E-state index contributed by atoms with van der Waals surface area (Å²) in [4.78, 5) is 0. The highest BCUT2D eigenvalue weighted by molar-refractivity contribution is 7.13. The summed E-state index contributed by atoms with van der Waals surface area (Å²) < 4.78 is 5.76. The molecule has 0 unspecified atom stereocenters. The van der Waals surface area contributed by atoms with Crippen LogP contribution in [0.1, 0.15) is 11.1 Å². The summed E-state index contributed by atoms with van der Waals surface area (Å²) in [7, 11) is 0. The molecule has 106 valence electrons. The van der Waals surface area contributed by atoms with Crippen LogP contribution in [0.25, 0.3) is 0 Å². The van der Waals surface area contributed by atoms with Crippen molar-refractivity contribution in [3.63, 3.8) is 0 Å². The van der Waals surface area contributed by atoms with E-state index in [-0.39, 0.29) is 0 Å². The molecular formula is C16H15N3OS. The molecule has 0 amide bonds. The van der Waals surface area contributed by atoms with Gasteiger partial charge in [-0.3, -0.25) is 0 Å². The van der Waals surface area contributed by atoms with E-state index in [1.165, 1.54) is 22.5 Å². The summed E-state index contributed by atoms with van der Waals surface area (Å²) in [6.07, 6.45) is 0. The molecule has 0 radical (unpaired) electrons. The number of ether oxygens (including phenoxy) is 1. The van der Waals surface area contributed by atoms with Crippen LogP contribution in [0.5, 0.6) is 5.75 Å². The molecule has 1 N–H and O–H groups in total. The number of hydrogen-bond donors (Lipinski definition) is 1. The third-order valence-electron chi connectivity index (χ3n) is 2.98. The zero-order chi connectivity index (χ0) is 14.3. The van der Waals surface area contributed by atoms with Gasteiger partial charge in [-0.05, 0) is 23.3 Å². The van der Waals surface area contributed by atoms with Crippen molar-refractivity contribution in [2.75, 3.05) is 5.32 Å². The molecule has 1 aromatic heterocycles. The van der Waals surface area contributed by atoms with Crippen LogP contribution in [0, 0.1) is 0 Å². The number of nitrogens with one attached hydrogen (secondary N) is 1. The minimum Gasteiger partial charge on any atom is -0.489 e. The molecule has 21 heavy (non-hydrogen) atoms. The van der Waals surface area contributed by atoms with Crippen LogP contribution in [-0.2, 0) is 13.2 Å².